The molecule has 2 aliphatic rings. The minimum atomic E-state index is -0.379. The quantitative estimate of drug-likeness (QED) is 0.142. The highest BCUT2D eigenvalue weighted by atomic mass is 127. The molecule has 3 atom stereocenters. The molecule has 1 N–H and O–H groups in total. The molecule has 6 heteroatoms. The molecule has 0 saturated heterocycles. The molecule has 0 radical (unpaired) electrons. The molecular weight excluding hydrogens is 600 g/mol. The van der Waals surface area contributed by atoms with Crippen molar-refractivity contribution in [2.75, 3.05) is 19.6 Å². The van der Waals surface area contributed by atoms with Crippen LogP contribution in [0.1, 0.15) is 48.0 Å². The van der Waals surface area contributed by atoms with E-state index >= 15 is 0 Å². The summed E-state index contributed by atoms with van der Waals surface area (Å²) in [5.41, 5.74) is 2.17. The average molecular weight is 635 g/mol. The largest absolute Gasteiger partial charge is 0.314 e. The zero-order valence-corrected chi connectivity index (χ0v) is 23.3. The topological polar surface area (TPSA) is 53.8 Å². The van der Waals surface area contributed by atoms with Crippen LogP contribution in [0.25, 0.3) is 0 Å². The van der Waals surface area contributed by atoms with Crippen LogP contribution in [-0.4, -0.2) is 31.9 Å². The maximum absolute atomic E-state index is 11.7. The van der Waals surface area contributed by atoms with Gasteiger partial charge in [-0.1, -0.05) is 64.9 Å². The molecule has 0 aromatic carbocycles. The molecule has 2 rings (SSSR count). The van der Waals surface area contributed by atoms with Crippen LogP contribution >= 0.6 is 45.2 Å². The number of nitrogens with zero attached hydrogens (tertiary/aromatic N) is 2. The normalized spacial score (nSPS) is 25.5. The van der Waals surface area contributed by atoms with E-state index in [4.69, 9.17) is 0 Å². The highest BCUT2D eigenvalue weighted by Gasteiger charge is 2.37. The SMILES string of the molecule is CC(C)(C)C1=CC(C(C)(C)C)C(N=O)C(/C=N/CCNCC2C=C(I)C=C(I)C2)=C1. The van der Waals surface area contributed by atoms with Crippen molar-refractivity contribution < 1.29 is 0 Å². The number of rotatable bonds is 7. The summed E-state index contributed by atoms with van der Waals surface area (Å²) >= 11 is 4.81. The van der Waals surface area contributed by atoms with E-state index in [0.717, 1.165) is 25.1 Å². The van der Waals surface area contributed by atoms with Gasteiger partial charge in [0.1, 0.15) is 6.04 Å². The molecule has 3 unspecified atom stereocenters. The highest BCUT2D eigenvalue weighted by molar-refractivity contribution is 14.1. The fraction of sp³-hybridized carbons (Fsp3) is 0.625. The first kappa shape index (κ1) is 25.9. The molecule has 166 valence electrons. The van der Waals surface area contributed by atoms with Gasteiger partial charge >= 0.3 is 0 Å². The fourth-order valence-corrected chi connectivity index (χ4v) is 6.14. The van der Waals surface area contributed by atoms with Crippen LogP contribution in [0.3, 0.4) is 0 Å². The maximum atomic E-state index is 11.7. The molecule has 4 nitrogen and oxygen atoms in total. The molecule has 0 aliphatic heterocycles. The second-order valence-corrected chi connectivity index (χ2v) is 12.9. The van der Waals surface area contributed by atoms with Gasteiger partial charge in [0.05, 0.1) is 6.54 Å². The van der Waals surface area contributed by atoms with E-state index in [9.17, 15) is 4.91 Å². The van der Waals surface area contributed by atoms with Crippen molar-refractivity contribution in [1.29, 1.82) is 0 Å². The van der Waals surface area contributed by atoms with Crippen LogP contribution in [0.4, 0.5) is 0 Å². The molecule has 0 fully saturated rings. The number of aliphatic imine (C=N–C) groups is 1. The predicted molar refractivity (Wildman–Crippen MR) is 147 cm³/mol. The Hall–Kier alpha value is -0.350. The van der Waals surface area contributed by atoms with Crippen molar-refractivity contribution in [3.8, 4) is 0 Å². The summed E-state index contributed by atoms with van der Waals surface area (Å²) in [5, 5.41) is 7.02. The first-order valence-electron chi connectivity index (χ1n) is 10.6. The van der Waals surface area contributed by atoms with Crippen molar-refractivity contribution in [2.24, 2.45) is 32.8 Å². The van der Waals surface area contributed by atoms with Crippen molar-refractivity contribution >= 4 is 51.4 Å². The minimum absolute atomic E-state index is 0.0228. The Balaban J connectivity index is 1.98. The van der Waals surface area contributed by atoms with E-state index in [-0.39, 0.29) is 22.8 Å². The van der Waals surface area contributed by atoms with E-state index in [0.29, 0.717) is 12.5 Å². The van der Waals surface area contributed by atoms with Crippen LogP contribution in [-0.2, 0) is 0 Å². The molecule has 0 aromatic heterocycles. The summed E-state index contributed by atoms with van der Waals surface area (Å²) in [4.78, 5) is 16.4. The van der Waals surface area contributed by atoms with Gasteiger partial charge in [-0.3, -0.25) is 4.99 Å². The molecule has 0 bridgehead atoms. The predicted octanol–water partition coefficient (Wildman–Crippen LogP) is 7.01. The van der Waals surface area contributed by atoms with Crippen molar-refractivity contribution in [2.45, 2.75) is 54.0 Å². The lowest BCUT2D eigenvalue weighted by Crippen LogP contribution is -2.34. The van der Waals surface area contributed by atoms with Crippen molar-refractivity contribution in [1.82, 2.24) is 5.32 Å². The Bertz CT molecular complexity index is 779. The number of hydrogen-bond donors (Lipinski definition) is 1. The standard InChI is InChI=1S/C24H35I2N3O/c1-23(2,3)18-11-17(22(29-30)21(12-18)24(4,5)6)15-28-8-7-27-14-16-9-19(25)13-20(26)10-16/h9,11-13,15-16,21-22,27H,7-8,10,14H2,1-6H3/b28-15+. The smallest absolute Gasteiger partial charge is 0.125 e. The Labute approximate surface area is 209 Å². The van der Waals surface area contributed by atoms with E-state index in [1.54, 1.807) is 0 Å². The van der Waals surface area contributed by atoms with Gasteiger partial charge in [-0.05, 0) is 89.2 Å². The summed E-state index contributed by atoms with van der Waals surface area (Å²) in [5.74, 6) is 0.624. The lowest BCUT2D eigenvalue weighted by Gasteiger charge is -2.37. The molecule has 0 amide bonds. The number of hydrogen-bond acceptors (Lipinski definition) is 4. The van der Waals surface area contributed by atoms with Crippen molar-refractivity contribution in [3.63, 3.8) is 0 Å². The van der Waals surface area contributed by atoms with E-state index in [1.807, 2.05) is 6.21 Å². The second-order valence-electron chi connectivity index (χ2n) is 10.3. The molecule has 0 saturated carbocycles. The summed E-state index contributed by atoms with van der Waals surface area (Å²) in [6.45, 7) is 15.6. The van der Waals surface area contributed by atoms with E-state index in [2.05, 4.69) is 127 Å². The average Bonchev–Trinajstić information content (AvgIpc) is 2.61. The van der Waals surface area contributed by atoms with Crippen LogP contribution in [0.5, 0.6) is 0 Å². The van der Waals surface area contributed by atoms with Crippen LogP contribution < -0.4 is 5.32 Å². The summed E-state index contributed by atoms with van der Waals surface area (Å²) in [6, 6.07) is -0.379. The van der Waals surface area contributed by atoms with Gasteiger partial charge in [0.25, 0.3) is 0 Å². The highest BCUT2D eigenvalue weighted by Crippen LogP contribution is 2.41. The van der Waals surface area contributed by atoms with E-state index in [1.165, 1.54) is 12.7 Å². The Kier molecular flexibility index (Phi) is 9.49. The third-order valence-electron chi connectivity index (χ3n) is 5.55. The second kappa shape index (κ2) is 11.0. The summed E-state index contributed by atoms with van der Waals surface area (Å²) in [7, 11) is 0. The molecule has 0 aromatic rings. The fourth-order valence-electron chi connectivity index (χ4n) is 3.76. The third-order valence-corrected chi connectivity index (χ3v) is 6.98. The zero-order valence-electron chi connectivity index (χ0n) is 19.0. The van der Waals surface area contributed by atoms with Gasteiger partial charge in [-0.2, -0.15) is 4.91 Å². The molecule has 30 heavy (non-hydrogen) atoms. The zero-order chi connectivity index (χ0) is 22.5. The number of nitrogens with one attached hydrogen (secondary N) is 1. The minimum Gasteiger partial charge on any atom is -0.314 e. The monoisotopic (exact) mass is 635 g/mol. The molecule has 0 heterocycles. The number of nitroso groups, excluding NO2 is 1. The Morgan fingerprint density at radius 1 is 1.13 bits per heavy atom. The van der Waals surface area contributed by atoms with Gasteiger partial charge in [-0.25, -0.2) is 0 Å². The molecule has 0 spiro atoms. The van der Waals surface area contributed by atoms with Gasteiger partial charge in [0.2, 0.25) is 0 Å². The summed E-state index contributed by atoms with van der Waals surface area (Å²) in [6.07, 6.45) is 11.9. The Morgan fingerprint density at radius 2 is 1.83 bits per heavy atom. The summed E-state index contributed by atoms with van der Waals surface area (Å²) < 4.78 is 2.73. The maximum Gasteiger partial charge on any atom is 0.125 e. The van der Waals surface area contributed by atoms with Crippen LogP contribution in [0.2, 0.25) is 0 Å². The number of halogens is 2. The van der Waals surface area contributed by atoms with Gasteiger partial charge in [0.15, 0.2) is 0 Å². The van der Waals surface area contributed by atoms with E-state index < -0.39 is 0 Å². The van der Waals surface area contributed by atoms with Crippen molar-refractivity contribution in [3.05, 3.63) is 47.5 Å². The lowest BCUT2D eigenvalue weighted by molar-refractivity contribution is 0.264. The number of allylic oxidation sites excluding steroid dienone is 5. The lowest BCUT2D eigenvalue weighted by atomic mass is 9.68. The molecule has 2 aliphatic carbocycles. The first-order chi connectivity index (χ1) is 13.9. The first-order valence-corrected chi connectivity index (χ1v) is 12.8. The Morgan fingerprint density at radius 3 is 2.40 bits per heavy atom. The van der Waals surface area contributed by atoms with Gasteiger partial charge in [0, 0.05) is 28.8 Å². The third kappa shape index (κ3) is 7.65. The van der Waals surface area contributed by atoms with Gasteiger partial charge in [-0.15, -0.1) is 0 Å². The van der Waals surface area contributed by atoms with Crippen LogP contribution in [0, 0.1) is 27.6 Å². The molecular formula is C24H35I2N3O. The van der Waals surface area contributed by atoms with Crippen LogP contribution in [0.15, 0.2) is 52.8 Å². The van der Waals surface area contributed by atoms with Gasteiger partial charge < -0.3 is 5.32 Å².